The van der Waals surface area contributed by atoms with Crippen LogP contribution in [0.1, 0.15) is 106 Å². The van der Waals surface area contributed by atoms with Crippen molar-refractivity contribution in [3.8, 4) is 0 Å². The monoisotopic (exact) mass is 346 g/mol. The van der Waals surface area contributed by atoms with E-state index < -0.39 is 0 Å². The Hall–Kier alpha value is -0.780. The van der Waals surface area contributed by atoms with E-state index in [1.165, 1.54) is 69.8 Å². The number of hydrogen-bond acceptors (Lipinski definition) is 0. The zero-order chi connectivity index (χ0) is 18.9. The summed E-state index contributed by atoms with van der Waals surface area (Å²) in [6.45, 7) is 13.7. The molecule has 0 aromatic carbocycles. The van der Waals surface area contributed by atoms with Gasteiger partial charge in [0.2, 0.25) is 0 Å². The van der Waals surface area contributed by atoms with Gasteiger partial charge in [-0.1, -0.05) is 109 Å². The maximum Gasteiger partial charge on any atom is -0.0159 e. The molecule has 3 unspecified atom stereocenters. The van der Waals surface area contributed by atoms with Crippen LogP contribution in [0.3, 0.4) is 0 Å². The lowest BCUT2D eigenvalue weighted by atomic mass is 9.75. The molecule has 0 aromatic heterocycles. The molecule has 25 heavy (non-hydrogen) atoms. The summed E-state index contributed by atoms with van der Waals surface area (Å²) in [5.41, 5.74) is 1.54. The van der Waals surface area contributed by atoms with E-state index in [9.17, 15) is 0 Å². The van der Waals surface area contributed by atoms with Gasteiger partial charge in [0.1, 0.15) is 0 Å². The van der Waals surface area contributed by atoms with Crippen molar-refractivity contribution in [3.05, 3.63) is 36.0 Å². The van der Waals surface area contributed by atoms with Crippen LogP contribution in [0.25, 0.3) is 0 Å². The van der Waals surface area contributed by atoms with E-state index in [1.54, 1.807) is 0 Å². The summed E-state index contributed by atoms with van der Waals surface area (Å²) < 4.78 is 0. The molecule has 3 atom stereocenters. The van der Waals surface area contributed by atoms with Gasteiger partial charge in [-0.15, -0.1) is 0 Å². The first-order chi connectivity index (χ1) is 12.2. The summed E-state index contributed by atoms with van der Waals surface area (Å²) in [6.07, 6.45) is 24.9. The Balaban J connectivity index is 5.20. The molecule has 0 saturated carbocycles. The molecular weight excluding hydrogens is 300 g/mol. The quantitative estimate of drug-likeness (QED) is 0.205. The number of unbranched alkanes of at least 4 members (excludes halogenated alkanes) is 3. The molecule has 0 heterocycles. The lowest BCUT2D eigenvalue weighted by molar-refractivity contribution is 0.241. The first kappa shape index (κ1) is 24.2. The van der Waals surface area contributed by atoms with Crippen LogP contribution in [0.4, 0.5) is 0 Å². The fourth-order valence-corrected chi connectivity index (χ4v) is 4.09. The first-order valence-electron chi connectivity index (χ1n) is 11.1. The van der Waals surface area contributed by atoms with Gasteiger partial charge >= 0.3 is 0 Å². The third-order valence-electron chi connectivity index (χ3n) is 5.70. The molecule has 0 N–H and O–H groups in total. The maximum atomic E-state index is 2.41. The molecule has 0 aliphatic rings. The highest BCUT2D eigenvalue weighted by molar-refractivity contribution is 5.26. The summed E-state index contributed by atoms with van der Waals surface area (Å²) in [7, 11) is 0. The van der Waals surface area contributed by atoms with E-state index >= 15 is 0 Å². The van der Waals surface area contributed by atoms with E-state index in [0.29, 0.717) is 0 Å². The van der Waals surface area contributed by atoms with Gasteiger partial charge < -0.3 is 0 Å². The van der Waals surface area contributed by atoms with E-state index in [4.69, 9.17) is 0 Å². The van der Waals surface area contributed by atoms with Crippen molar-refractivity contribution < 1.29 is 0 Å². The van der Waals surface area contributed by atoms with E-state index in [2.05, 4.69) is 71.9 Å². The van der Waals surface area contributed by atoms with Crippen molar-refractivity contribution in [2.75, 3.05) is 0 Å². The highest BCUT2D eigenvalue weighted by atomic mass is 14.3. The molecule has 0 saturated heterocycles. The van der Waals surface area contributed by atoms with Gasteiger partial charge in [0.25, 0.3) is 0 Å². The van der Waals surface area contributed by atoms with Crippen LogP contribution in [0.2, 0.25) is 0 Å². The standard InChI is InChI=1S/C25H46/c1-7-13-16-20-22(11-5)23(12-6)21-25(19-15-9-3)24(17-10-4)18-14-8-2/h8,10,14,17-18,22-23,25H,7,9,11-13,15-16,19-21H2,1-6H3/b14-8+,17-10-,24-18+. The predicted molar refractivity (Wildman–Crippen MR) is 117 cm³/mol. The van der Waals surface area contributed by atoms with E-state index in [-0.39, 0.29) is 0 Å². The number of hydrogen-bond donors (Lipinski definition) is 0. The topological polar surface area (TPSA) is 0 Å². The summed E-state index contributed by atoms with van der Waals surface area (Å²) in [5, 5.41) is 0. The van der Waals surface area contributed by atoms with Crippen LogP contribution < -0.4 is 0 Å². The molecule has 0 spiro atoms. The second kappa shape index (κ2) is 16.7. The zero-order valence-corrected chi connectivity index (χ0v) is 18.2. The molecule has 0 fully saturated rings. The van der Waals surface area contributed by atoms with Crippen molar-refractivity contribution in [2.45, 2.75) is 106 Å². The molecule has 0 aliphatic heterocycles. The van der Waals surface area contributed by atoms with Crippen LogP contribution in [0, 0.1) is 17.8 Å². The highest BCUT2D eigenvalue weighted by Crippen LogP contribution is 2.35. The molecule has 0 radical (unpaired) electrons. The van der Waals surface area contributed by atoms with Gasteiger partial charge in [0.05, 0.1) is 0 Å². The van der Waals surface area contributed by atoms with Crippen LogP contribution in [0.15, 0.2) is 36.0 Å². The van der Waals surface area contributed by atoms with Crippen molar-refractivity contribution in [2.24, 2.45) is 17.8 Å². The smallest absolute Gasteiger partial charge is 0.0159 e. The minimum atomic E-state index is 0.720. The van der Waals surface area contributed by atoms with Gasteiger partial charge in [-0.3, -0.25) is 0 Å². The Morgan fingerprint density at radius 1 is 0.760 bits per heavy atom. The second-order valence-corrected chi connectivity index (χ2v) is 7.60. The lowest BCUT2D eigenvalue weighted by Gasteiger charge is -2.30. The molecule has 0 heteroatoms. The fraction of sp³-hybridized carbons (Fsp3) is 0.760. The third kappa shape index (κ3) is 10.7. The molecule has 0 amide bonds. The summed E-state index contributed by atoms with van der Waals surface area (Å²) in [4.78, 5) is 0. The molecule has 0 nitrogen and oxygen atoms in total. The average Bonchev–Trinajstić information content (AvgIpc) is 2.63. The SMILES string of the molecule is C\C=C/C(=C\C=C\C)C(CCCC)CC(CC)C(CC)CCCCC. The molecule has 0 bridgehead atoms. The van der Waals surface area contributed by atoms with Gasteiger partial charge in [0.15, 0.2) is 0 Å². The van der Waals surface area contributed by atoms with Crippen molar-refractivity contribution in [3.63, 3.8) is 0 Å². The number of allylic oxidation sites excluding steroid dienone is 6. The van der Waals surface area contributed by atoms with Gasteiger partial charge in [-0.2, -0.15) is 0 Å². The average molecular weight is 347 g/mol. The largest absolute Gasteiger partial charge is 0.0877 e. The van der Waals surface area contributed by atoms with Crippen LogP contribution >= 0.6 is 0 Å². The zero-order valence-electron chi connectivity index (χ0n) is 18.2. The first-order valence-corrected chi connectivity index (χ1v) is 11.1. The molecule has 0 rings (SSSR count). The molecule has 146 valence electrons. The molecule has 0 aliphatic carbocycles. The Morgan fingerprint density at radius 2 is 1.44 bits per heavy atom. The maximum absolute atomic E-state index is 2.41. The highest BCUT2D eigenvalue weighted by Gasteiger charge is 2.23. The van der Waals surface area contributed by atoms with Crippen LogP contribution in [-0.4, -0.2) is 0 Å². The van der Waals surface area contributed by atoms with Crippen molar-refractivity contribution in [1.29, 1.82) is 0 Å². The van der Waals surface area contributed by atoms with Crippen molar-refractivity contribution >= 4 is 0 Å². The number of rotatable bonds is 15. The van der Waals surface area contributed by atoms with Gasteiger partial charge in [-0.25, -0.2) is 0 Å². The minimum absolute atomic E-state index is 0.720. The molecule has 0 aromatic rings. The van der Waals surface area contributed by atoms with Gasteiger partial charge in [0, 0.05) is 0 Å². The van der Waals surface area contributed by atoms with Crippen LogP contribution in [0.5, 0.6) is 0 Å². The Labute approximate surface area is 159 Å². The third-order valence-corrected chi connectivity index (χ3v) is 5.70. The minimum Gasteiger partial charge on any atom is -0.0877 e. The Morgan fingerprint density at radius 3 is 1.96 bits per heavy atom. The second-order valence-electron chi connectivity index (χ2n) is 7.60. The summed E-state index contributed by atoms with van der Waals surface area (Å²) >= 11 is 0. The predicted octanol–water partition coefficient (Wildman–Crippen LogP) is 8.89. The normalized spacial score (nSPS) is 16.6. The van der Waals surface area contributed by atoms with Crippen molar-refractivity contribution in [1.82, 2.24) is 0 Å². The Bertz CT molecular complexity index is 371. The summed E-state index contributed by atoms with van der Waals surface area (Å²) in [5.74, 6) is 2.51. The van der Waals surface area contributed by atoms with Gasteiger partial charge in [-0.05, 0) is 50.0 Å². The Kier molecular flexibility index (Phi) is 16.2. The summed E-state index contributed by atoms with van der Waals surface area (Å²) in [6, 6.07) is 0. The van der Waals surface area contributed by atoms with E-state index in [1.807, 2.05) is 0 Å². The lowest BCUT2D eigenvalue weighted by Crippen LogP contribution is -2.19. The molecular formula is C25H46. The van der Waals surface area contributed by atoms with E-state index in [0.717, 1.165) is 17.8 Å². The van der Waals surface area contributed by atoms with Crippen LogP contribution in [-0.2, 0) is 0 Å². The fourth-order valence-electron chi connectivity index (χ4n) is 4.09.